The zero-order valence-electron chi connectivity index (χ0n) is 17.7. The van der Waals surface area contributed by atoms with Gasteiger partial charge in [-0.1, -0.05) is 23.7 Å². The van der Waals surface area contributed by atoms with Crippen LogP contribution < -0.4 is 10.1 Å². The van der Waals surface area contributed by atoms with Crippen molar-refractivity contribution in [3.63, 3.8) is 0 Å². The van der Waals surface area contributed by atoms with Gasteiger partial charge in [0.15, 0.2) is 5.78 Å². The molecule has 0 saturated heterocycles. The van der Waals surface area contributed by atoms with Gasteiger partial charge in [-0.2, -0.15) is 0 Å². The lowest BCUT2D eigenvalue weighted by atomic mass is 9.90. The molecule has 2 rings (SSSR count). The normalized spacial score (nSPS) is 12.5. The van der Waals surface area contributed by atoms with Crippen LogP contribution in [0.25, 0.3) is 0 Å². The Morgan fingerprint density at radius 1 is 0.903 bits per heavy atom. The fraction of sp³-hybridized carbons (Fsp3) is 0.348. The fourth-order valence-electron chi connectivity index (χ4n) is 2.96. The number of Topliss-reactive ketones (excluding diaryl/α,β-unsaturated/α-hetero) is 1. The molecular formula is C23H26ClNO6. The number of carbonyl (C=O) groups excluding carboxylic acids is 3. The molecule has 2 aromatic rings. The summed E-state index contributed by atoms with van der Waals surface area (Å²) in [5.74, 6) is -2.80. The molecule has 166 valence electrons. The van der Waals surface area contributed by atoms with Gasteiger partial charge in [0.25, 0.3) is 0 Å². The third-order valence-electron chi connectivity index (χ3n) is 4.51. The minimum atomic E-state index is -1.42. The summed E-state index contributed by atoms with van der Waals surface area (Å²) in [4.78, 5) is 38.7. The Morgan fingerprint density at radius 3 is 2.03 bits per heavy atom. The molecule has 0 heterocycles. The van der Waals surface area contributed by atoms with E-state index in [0.717, 1.165) is 5.56 Å². The summed E-state index contributed by atoms with van der Waals surface area (Å²) in [5, 5.41) is 3.44. The summed E-state index contributed by atoms with van der Waals surface area (Å²) >= 11 is 5.90. The van der Waals surface area contributed by atoms with E-state index < -0.39 is 29.7 Å². The number of ether oxygens (including phenoxy) is 3. The molecule has 0 fully saturated rings. The first kappa shape index (κ1) is 24.4. The maximum Gasteiger partial charge on any atom is 0.324 e. The quantitative estimate of drug-likeness (QED) is 0.320. The topological polar surface area (TPSA) is 90.9 Å². The molecule has 31 heavy (non-hydrogen) atoms. The summed E-state index contributed by atoms with van der Waals surface area (Å²) in [6, 6.07) is 12.0. The molecule has 2 unspecified atom stereocenters. The first-order valence-corrected chi connectivity index (χ1v) is 10.3. The summed E-state index contributed by atoms with van der Waals surface area (Å²) < 4.78 is 15.4. The Balaban J connectivity index is 2.34. The average molecular weight is 448 g/mol. The molecule has 7 nitrogen and oxygen atoms in total. The van der Waals surface area contributed by atoms with Crippen molar-refractivity contribution >= 4 is 29.3 Å². The number of hydrogen-bond acceptors (Lipinski definition) is 7. The highest BCUT2D eigenvalue weighted by Crippen LogP contribution is 2.20. The molecule has 1 N–H and O–H groups in total. The van der Waals surface area contributed by atoms with Crippen LogP contribution in [0.3, 0.4) is 0 Å². The van der Waals surface area contributed by atoms with Crippen molar-refractivity contribution in [3.8, 4) is 5.75 Å². The van der Waals surface area contributed by atoms with Crippen LogP contribution in [0.2, 0.25) is 5.02 Å². The average Bonchev–Trinajstić information content (AvgIpc) is 2.77. The largest absolute Gasteiger partial charge is 0.497 e. The molecule has 0 spiro atoms. The van der Waals surface area contributed by atoms with E-state index in [2.05, 4.69) is 5.32 Å². The van der Waals surface area contributed by atoms with Crippen LogP contribution in [0, 0.1) is 5.92 Å². The van der Waals surface area contributed by atoms with Crippen molar-refractivity contribution < 1.29 is 28.6 Å². The van der Waals surface area contributed by atoms with Gasteiger partial charge in [0.1, 0.15) is 17.7 Å². The lowest BCUT2D eigenvalue weighted by Gasteiger charge is -2.24. The van der Waals surface area contributed by atoms with Crippen molar-refractivity contribution in [3.05, 3.63) is 64.7 Å². The number of hydrogen-bond donors (Lipinski definition) is 1. The molecule has 0 aromatic heterocycles. The van der Waals surface area contributed by atoms with E-state index in [1.807, 2.05) is 12.1 Å². The number of methoxy groups -OCH3 is 1. The van der Waals surface area contributed by atoms with Crippen LogP contribution >= 0.6 is 11.6 Å². The van der Waals surface area contributed by atoms with E-state index in [-0.39, 0.29) is 25.3 Å². The highest BCUT2D eigenvalue weighted by Gasteiger charge is 2.41. The Morgan fingerprint density at radius 2 is 1.48 bits per heavy atom. The Labute approximate surface area is 186 Å². The van der Waals surface area contributed by atoms with Gasteiger partial charge in [0, 0.05) is 17.1 Å². The maximum absolute atomic E-state index is 13.2. The fourth-order valence-corrected chi connectivity index (χ4v) is 3.09. The Bertz CT molecular complexity index is 882. The Hall–Kier alpha value is -2.90. The third kappa shape index (κ3) is 6.80. The van der Waals surface area contributed by atoms with Gasteiger partial charge >= 0.3 is 11.9 Å². The number of esters is 2. The molecule has 0 aliphatic heterocycles. The van der Waals surface area contributed by atoms with Gasteiger partial charge in [-0.05, 0) is 55.8 Å². The number of nitrogens with one attached hydrogen (secondary N) is 1. The standard InChI is InChI=1S/C23H26ClNO6/c1-4-30-22(27)19(21(26)16-8-10-17(24)11-9-16)20(23(28)31-5-2)25-14-15-6-12-18(29-3)13-7-15/h6-13,19-20,25H,4-5,14H2,1-3H3. The van der Waals surface area contributed by atoms with Gasteiger partial charge < -0.3 is 14.2 Å². The first-order chi connectivity index (χ1) is 14.9. The second-order valence-electron chi connectivity index (χ2n) is 6.56. The van der Waals surface area contributed by atoms with E-state index >= 15 is 0 Å². The molecule has 2 aromatic carbocycles. The van der Waals surface area contributed by atoms with E-state index in [1.54, 1.807) is 45.2 Å². The number of ketones is 1. The lowest BCUT2D eigenvalue weighted by Crippen LogP contribution is -2.50. The monoisotopic (exact) mass is 447 g/mol. The third-order valence-corrected chi connectivity index (χ3v) is 4.76. The molecule has 8 heteroatoms. The Kier molecular flexibility index (Phi) is 9.49. The maximum atomic E-state index is 13.2. The van der Waals surface area contributed by atoms with Crippen LogP contribution in [0.15, 0.2) is 48.5 Å². The lowest BCUT2D eigenvalue weighted by molar-refractivity contribution is -0.155. The van der Waals surface area contributed by atoms with Gasteiger partial charge in [0.05, 0.1) is 20.3 Å². The number of carbonyl (C=O) groups is 3. The molecule has 0 saturated carbocycles. The van der Waals surface area contributed by atoms with Crippen molar-refractivity contribution in [1.29, 1.82) is 0 Å². The highest BCUT2D eigenvalue weighted by molar-refractivity contribution is 6.30. The minimum Gasteiger partial charge on any atom is -0.497 e. The molecule has 0 aliphatic rings. The molecule has 0 radical (unpaired) electrons. The van der Waals surface area contributed by atoms with Crippen LogP contribution in [0.5, 0.6) is 5.75 Å². The SMILES string of the molecule is CCOC(=O)C(NCc1ccc(OC)cc1)C(C(=O)OCC)C(=O)c1ccc(Cl)cc1. The van der Waals surface area contributed by atoms with Gasteiger partial charge in [-0.3, -0.25) is 19.7 Å². The zero-order valence-corrected chi connectivity index (χ0v) is 18.5. The van der Waals surface area contributed by atoms with Crippen LogP contribution in [-0.4, -0.2) is 44.1 Å². The van der Waals surface area contributed by atoms with Crippen molar-refractivity contribution in [2.45, 2.75) is 26.4 Å². The summed E-state index contributed by atoms with van der Waals surface area (Å²) in [5.41, 5.74) is 1.07. The van der Waals surface area contributed by atoms with Gasteiger partial charge in [-0.25, -0.2) is 0 Å². The van der Waals surface area contributed by atoms with Crippen LogP contribution in [0.1, 0.15) is 29.8 Å². The summed E-state index contributed by atoms with van der Waals surface area (Å²) in [6.45, 7) is 3.67. The second kappa shape index (κ2) is 12.1. The van der Waals surface area contributed by atoms with E-state index in [9.17, 15) is 14.4 Å². The zero-order chi connectivity index (χ0) is 22.8. The predicted octanol–water partition coefficient (Wildman–Crippen LogP) is 3.43. The smallest absolute Gasteiger partial charge is 0.324 e. The van der Waals surface area contributed by atoms with Gasteiger partial charge in [-0.15, -0.1) is 0 Å². The molecule has 0 bridgehead atoms. The van der Waals surface area contributed by atoms with Crippen LogP contribution in [0.4, 0.5) is 0 Å². The molecule has 2 atom stereocenters. The van der Waals surface area contributed by atoms with Gasteiger partial charge in [0.2, 0.25) is 0 Å². The first-order valence-electron chi connectivity index (χ1n) is 9.90. The van der Waals surface area contributed by atoms with E-state index in [4.69, 9.17) is 25.8 Å². The van der Waals surface area contributed by atoms with Crippen molar-refractivity contribution in [2.24, 2.45) is 5.92 Å². The molecule has 0 amide bonds. The van der Waals surface area contributed by atoms with E-state index in [1.165, 1.54) is 12.1 Å². The molecule has 0 aliphatic carbocycles. The summed E-state index contributed by atoms with van der Waals surface area (Å²) in [7, 11) is 1.57. The van der Waals surface area contributed by atoms with Crippen molar-refractivity contribution in [2.75, 3.05) is 20.3 Å². The predicted molar refractivity (Wildman–Crippen MR) is 116 cm³/mol. The summed E-state index contributed by atoms with van der Waals surface area (Å²) in [6.07, 6.45) is 0. The highest BCUT2D eigenvalue weighted by atomic mass is 35.5. The van der Waals surface area contributed by atoms with Crippen molar-refractivity contribution in [1.82, 2.24) is 5.32 Å². The number of rotatable bonds is 11. The van der Waals surface area contributed by atoms with E-state index in [0.29, 0.717) is 10.8 Å². The number of benzene rings is 2. The minimum absolute atomic E-state index is 0.0667. The van der Waals surface area contributed by atoms with Crippen LogP contribution in [-0.2, 0) is 25.6 Å². The number of halogens is 1. The second-order valence-corrected chi connectivity index (χ2v) is 7.00. The molecular weight excluding hydrogens is 422 g/mol.